The molecule has 2 amide bonds. The van der Waals surface area contributed by atoms with Crippen LogP contribution in [0.5, 0.6) is 0 Å². The lowest BCUT2D eigenvalue weighted by atomic mass is 10.3. The Kier molecular flexibility index (Phi) is 3.27. The maximum atomic E-state index is 11.0. The monoisotopic (exact) mass is 212 g/mol. The van der Waals surface area contributed by atoms with Crippen LogP contribution in [0.3, 0.4) is 0 Å². The number of hydrogen-bond acceptors (Lipinski definition) is 3. The lowest BCUT2D eigenvalue weighted by Gasteiger charge is -2.15. The van der Waals surface area contributed by atoms with Gasteiger partial charge >= 0.3 is 12.0 Å². The molecule has 0 aliphatic rings. The van der Waals surface area contributed by atoms with Crippen molar-refractivity contribution in [3.8, 4) is 0 Å². The Morgan fingerprint density at radius 3 is 2.73 bits per heavy atom. The van der Waals surface area contributed by atoms with Gasteiger partial charge in [0.15, 0.2) is 5.82 Å². The molecule has 0 fully saturated rings. The quantitative estimate of drug-likeness (QED) is 0.655. The number of aromatic amines is 1. The van der Waals surface area contributed by atoms with Gasteiger partial charge in [0.25, 0.3) is 0 Å². The Labute approximate surface area is 85.9 Å². The van der Waals surface area contributed by atoms with Gasteiger partial charge in [-0.2, -0.15) is 5.10 Å². The van der Waals surface area contributed by atoms with Crippen molar-refractivity contribution in [3.05, 3.63) is 11.8 Å². The van der Waals surface area contributed by atoms with Crippen LogP contribution in [0.4, 0.5) is 10.6 Å². The highest BCUT2D eigenvalue weighted by Crippen LogP contribution is 2.11. The van der Waals surface area contributed by atoms with Gasteiger partial charge < -0.3 is 10.8 Å². The first-order valence-corrected chi connectivity index (χ1v) is 4.31. The molecule has 7 heteroatoms. The Morgan fingerprint density at radius 2 is 2.33 bits per heavy atom. The van der Waals surface area contributed by atoms with Crippen LogP contribution < -0.4 is 10.6 Å². The molecule has 0 radical (unpaired) electrons. The number of H-pyrrole nitrogens is 1. The molecule has 0 aromatic carbocycles. The van der Waals surface area contributed by atoms with E-state index in [1.165, 1.54) is 0 Å². The third kappa shape index (κ3) is 2.97. The smallest absolute Gasteiger partial charge is 0.320 e. The third-order valence-corrected chi connectivity index (χ3v) is 1.78. The maximum Gasteiger partial charge on any atom is 0.320 e. The molecule has 0 bridgehead atoms. The number of aryl methyl sites for hydroxylation is 1. The number of aromatic nitrogens is 2. The van der Waals surface area contributed by atoms with Gasteiger partial charge in [0.2, 0.25) is 0 Å². The van der Waals surface area contributed by atoms with Crippen molar-refractivity contribution in [1.29, 1.82) is 0 Å². The number of carbonyl (C=O) groups excluding carboxylic acids is 1. The summed E-state index contributed by atoms with van der Waals surface area (Å²) in [6.45, 7) is 1.78. The van der Waals surface area contributed by atoms with Gasteiger partial charge in [0, 0.05) is 18.3 Å². The normalized spacial score (nSPS) is 9.93. The highest BCUT2D eigenvalue weighted by Gasteiger charge is 2.15. The molecule has 0 saturated heterocycles. The van der Waals surface area contributed by atoms with Gasteiger partial charge in [0.1, 0.15) is 0 Å². The summed E-state index contributed by atoms with van der Waals surface area (Å²) in [6.07, 6.45) is -0.172. The summed E-state index contributed by atoms with van der Waals surface area (Å²) >= 11 is 0. The SMILES string of the molecule is Cc1cc(N(CCC(=O)O)C(N)=O)n[nH]1. The van der Waals surface area contributed by atoms with Crippen LogP contribution in [0, 0.1) is 6.92 Å². The van der Waals surface area contributed by atoms with Gasteiger partial charge in [0.05, 0.1) is 6.42 Å². The molecule has 7 nitrogen and oxygen atoms in total. The molecule has 0 aliphatic carbocycles. The van der Waals surface area contributed by atoms with Gasteiger partial charge in [-0.25, -0.2) is 4.79 Å². The van der Waals surface area contributed by atoms with E-state index in [-0.39, 0.29) is 13.0 Å². The second-order valence-corrected chi connectivity index (χ2v) is 3.04. The van der Waals surface area contributed by atoms with E-state index in [1.54, 1.807) is 13.0 Å². The molecule has 0 atom stereocenters. The fourth-order valence-electron chi connectivity index (χ4n) is 1.09. The average Bonchev–Trinajstić information content (AvgIpc) is 2.51. The highest BCUT2D eigenvalue weighted by molar-refractivity contribution is 5.90. The van der Waals surface area contributed by atoms with E-state index in [9.17, 15) is 9.59 Å². The van der Waals surface area contributed by atoms with E-state index in [2.05, 4.69) is 10.2 Å². The van der Waals surface area contributed by atoms with Crippen LogP contribution in [0.1, 0.15) is 12.1 Å². The number of anilines is 1. The summed E-state index contributed by atoms with van der Waals surface area (Å²) in [5.74, 6) is -0.658. The third-order valence-electron chi connectivity index (χ3n) is 1.78. The Balaban J connectivity index is 2.74. The number of aliphatic carboxylic acids is 1. The Hall–Kier alpha value is -2.05. The summed E-state index contributed by atoms with van der Waals surface area (Å²) < 4.78 is 0. The summed E-state index contributed by atoms with van der Waals surface area (Å²) in [5.41, 5.74) is 5.87. The number of primary amides is 1. The standard InChI is InChI=1S/C8H12N4O3/c1-5-4-6(11-10-5)12(8(9)15)3-2-7(13)14/h4H,2-3H2,1H3,(H2,9,15)(H,10,11)(H,13,14). The number of hydrogen-bond donors (Lipinski definition) is 3. The van der Waals surface area contributed by atoms with Crippen molar-refractivity contribution in [2.24, 2.45) is 5.73 Å². The number of carboxylic acid groups (broad SMARTS) is 1. The number of carbonyl (C=O) groups is 2. The first kappa shape index (κ1) is 11.0. The second kappa shape index (κ2) is 4.45. The Morgan fingerprint density at radius 1 is 1.67 bits per heavy atom. The molecular weight excluding hydrogens is 200 g/mol. The van der Waals surface area contributed by atoms with Crippen LogP contribution >= 0.6 is 0 Å². The van der Waals surface area contributed by atoms with Crippen molar-refractivity contribution < 1.29 is 14.7 Å². The molecule has 15 heavy (non-hydrogen) atoms. The zero-order valence-electron chi connectivity index (χ0n) is 8.23. The van der Waals surface area contributed by atoms with Crippen LogP contribution in [0.2, 0.25) is 0 Å². The number of amides is 2. The van der Waals surface area contributed by atoms with E-state index in [0.717, 1.165) is 10.6 Å². The summed E-state index contributed by atoms with van der Waals surface area (Å²) in [5, 5.41) is 15.0. The van der Waals surface area contributed by atoms with Crippen molar-refractivity contribution >= 4 is 17.8 Å². The molecule has 4 N–H and O–H groups in total. The lowest BCUT2D eigenvalue weighted by Crippen LogP contribution is -2.37. The molecular formula is C8H12N4O3. The topological polar surface area (TPSA) is 112 Å². The number of nitrogens with two attached hydrogens (primary N) is 1. The predicted molar refractivity (Wildman–Crippen MR) is 52.5 cm³/mol. The van der Waals surface area contributed by atoms with E-state index >= 15 is 0 Å². The molecule has 0 spiro atoms. The fourth-order valence-corrected chi connectivity index (χ4v) is 1.09. The van der Waals surface area contributed by atoms with Crippen LogP contribution in [0.15, 0.2) is 6.07 Å². The largest absolute Gasteiger partial charge is 0.481 e. The number of nitrogens with one attached hydrogen (secondary N) is 1. The molecule has 1 heterocycles. The van der Waals surface area contributed by atoms with Gasteiger partial charge in [-0.1, -0.05) is 0 Å². The number of urea groups is 1. The summed E-state index contributed by atoms with van der Waals surface area (Å²) in [6, 6.07) is 0.898. The molecule has 82 valence electrons. The first-order chi connectivity index (χ1) is 7.00. The number of carboxylic acids is 1. The molecule has 0 saturated carbocycles. The van der Waals surface area contributed by atoms with Crippen LogP contribution in [-0.4, -0.2) is 33.8 Å². The van der Waals surface area contributed by atoms with E-state index in [1.807, 2.05) is 0 Å². The molecule has 1 aromatic heterocycles. The van der Waals surface area contributed by atoms with Gasteiger partial charge in [-0.3, -0.25) is 14.8 Å². The molecule has 1 aromatic rings. The predicted octanol–water partition coefficient (Wildman–Crippen LogP) is 0.0779. The minimum Gasteiger partial charge on any atom is -0.481 e. The average molecular weight is 212 g/mol. The van der Waals surface area contributed by atoms with E-state index in [4.69, 9.17) is 10.8 Å². The second-order valence-electron chi connectivity index (χ2n) is 3.04. The first-order valence-electron chi connectivity index (χ1n) is 4.31. The fraction of sp³-hybridized carbons (Fsp3) is 0.375. The zero-order valence-corrected chi connectivity index (χ0v) is 8.23. The Bertz CT molecular complexity index is 374. The van der Waals surface area contributed by atoms with Gasteiger partial charge in [-0.05, 0) is 6.92 Å². The lowest BCUT2D eigenvalue weighted by molar-refractivity contribution is -0.136. The maximum absolute atomic E-state index is 11.0. The van der Waals surface area contributed by atoms with Crippen molar-refractivity contribution in [2.75, 3.05) is 11.4 Å². The number of nitrogens with zero attached hydrogens (tertiary/aromatic N) is 2. The van der Waals surface area contributed by atoms with Gasteiger partial charge in [-0.15, -0.1) is 0 Å². The molecule has 1 rings (SSSR count). The minimum absolute atomic E-state index is 0.00889. The highest BCUT2D eigenvalue weighted by atomic mass is 16.4. The van der Waals surface area contributed by atoms with Crippen LogP contribution in [-0.2, 0) is 4.79 Å². The van der Waals surface area contributed by atoms with Crippen molar-refractivity contribution in [1.82, 2.24) is 10.2 Å². The minimum atomic E-state index is -0.992. The summed E-state index contributed by atoms with van der Waals surface area (Å²) in [7, 11) is 0. The van der Waals surface area contributed by atoms with E-state index < -0.39 is 12.0 Å². The molecule has 0 unspecified atom stereocenters. The number of rotatable bonds is 4. The molecule has 0 aliphatic heterocycles. The van der Waals surface area contributed by atoms with Crippen molar-refractivity contribution in [3.63, 3.8) is 0 Å². The van der Waals surface area contributed by atoms with Crippen molar-refractivity contribution in [2.45, 2.75) is 13.3 Å². The summed E-state index contributed by atoms with van der Waals surface area (Å²) in [4.78, 5) is 22.5. The van der Waals surface area contributed by atoms with E-state index in [0.29, 0.717) is 5.82 Å². The van der Waals surface area contributed by atoms with Crippen LogP contribution in [0.25, 0.3) is 0 Å². The zero-order chi connectivity index (χ0) is 11.4.